The van der Waals surface area contributed by atoms with Gasteiger partial charge in [-0.25, -0.2) is 18.5 Å². The summed E-state index contributed by atoms with van der Waals surface area (Å²) in [6.07, 6.45) is -6.40. The summed E-state index contributed by atoms with van der Waals surface area (Å²) >= 11 is 0. The lowest BCUT2D eigenvalue weighted by Crippen LogP contribution is -2.41. The van der Waals surface area contributed by atoms with E-state index in [9.17, 15) is 37.3 Å². The van der Waals surface area contributed by atoms with E-state index >= 15 is 0 Å². The lowest BCUT2D eigenvalue weighted by atomic mass is 10.1. The lowest BCUT2D eigenvalue weighted by Gasteiger charge is -2.20. The van der Waals surface area contributed by atoms with Gasteiger partial charge in [-0.1, -0.05) is 20.8 Å². The molecule has 2 heterocycles. The van der Waals surface area contributed by atoms with Gasteiger partial charge >= 0.3 is 35.1 Å². The lowest BCUT2D eigenvalue weighted by molar-refractivity contribution is -0.140. The van der Waals surface area contributed by atoms with Gasteiger partial charge in [-0.2, -0.15) is 22.4 Å². The number of aliphatic hydroxyl groups excluding tert-OH is 1. The molecular formula is C15H29F2N4O13P3. The fourth-order valence-electron chi connectivity index (χ4n) is 2.85. The fraction of sp³-hybridized carbons (Fsp3) is 0.733. The van der Waals surface area contributed by atoms with E-state index in [4.69, 9.17) is 25.2 Å². The molecule has 0 aliphatic carbocycles. The Balaban J connectivity index is 0.000000856. The van der Waals surface area contributed by atoms with Crippen LogP contribution in [0.15, 0.2) is 17.1 Å². The second kappa shape index (κ2) is 13.3. The van der Waals surface area contributed by atoms with Crippen LogP contribution in [-0.2, 0) is 31.6 Å². The Morgan fingerprint density at radius 1 is 1.11 bits per heavy atom. The van der Waals surface area contributed by atoms with E-state index in [0.29, 0.717) is 0 Å². The van der Waals surface area contributed by atoms with Crippen LogP contribution in [0.4, 0.5) is 14.6 Å². The van der Waals surface area contributed by atoms with Gasteiger partial charge in [-0.3, -0.25) is 9.09 Å². The van der Waals surface area contributed by atoms with Gasteiger partial charge < -0.3 is 40.1 Å². The molecule has 1 aliphatic rings. The zero-order valence-corrected chi connectivity index (χ0v) is 22.4. The highest BCUT2D eigenvalue weighted by molar-refractivity contribution is 7.66. The van der Waals surface area contributed by atoms with E-state index in [-0.39, 0.29) is 10.4 Å². The number of ether oxygens (including phenoxy) is 1. The summed E-state index contributed by atoms with van der Waals surface area (Å²) in [6, 6.07) is 0.979. The first-order chi connectivity index (χ1) is 16.8. The number of nitrogen functional groups attached to an aromatic ring is 1. The molecule has 7 N–H and O–H groups in total. The van der Waals surface area contributed by atoms with E-state index in [1.807, 2.05) is 0 Å². The van der Waals surface area contributed by atoms with Gasteiger partial charge in [-0.15, -0.1) is 0 Å². The summed E-state index contributed by atoms with van der Waals surface area (Å²) in [6.45, 7) is 8.77. The van der Waals surface area contributed by atoms with Gasteiger partial charge in [0.05, 0.1) is 6.61 Å². The van der Waals surface area contributed by atoms with Crippen LogP contribution in [-0.4, -0.2) is 83.5 Å². The minimum absolute atomic E-state index is 0.282. The number of hydrogen-bond donors (Lipinski definition) is 6. The maximum Gasteiger partial charge on any atom is 0.490 e. The first kappa shape index (κ1) is 33.9. The zero-order chi connectivity index (χ0) is 28.8. The summed E-state index contributed by atoms with van der Waals surface area (Å²) < 4.78 is 78.0. The molecule has 216 valence electrons. The molecule has 1 aromatic heterocycles. The molecule has 1 fully saturated rings. The number of aromatic nitrogens is 2. The Morgan fingerprint density at radius 3 is 2.08 bits per heavy atom. The molecule has 0 bridgehead atoms. The van der Waals surface area contributed by atoms with Gasteiger partial charge in [0.25, 0.3) is 0 Å². The number of nitrogens with two attached hydrogens (primary N) is 1. The molecule has 0 radical (unpaired) electrons. The van der Waals surface area contributed by atoms with Gasteiger partial charge in [0.1, 0.15) is 11.9 Å². The van der Waals surface area contributed by atoms with Crippen molar-refractivity contribution in [2.45, 2.75) is 45.1 Å². The van der Waals surface area contributed by atoms with Crippen LogP contribution in [0.2, 0.25) is 0 Å². The van der Waals surface area contributed by atoms with E-state index in [0.717, 1.165) is 12.3 Å². The number of halogens is 2. The van der Waals surface area contributed by atoms with Crippen LogP contribution < -0.4 is 11.4 Å². The number of hydrogen-bond acceptors (Lipinski definition) is 12. The third kappa shape index (κ3) is 10.5. The van der Waals surface area contributed by atoms with Gasteiger partial charge in [0, 0.05) is 6.20 Å². The average molecular weight is 604 g/mol. The molecule has 1 saturated heterocycles. The largest absolute Gasteiger partial charge is 0.490 e. The molecular weight excluding hydrogens is 575 g/mol. The summed E-state index contributed by atoms with van der Waals surface area (Å²) in [5.74, 6) is -4.42. The first-order valence-electron chi connectivity index (χ1n) is 10.3. The van der Waals surface area contributed by atoms with E-state index in [2.05, 4.69) is 43.8 Å². The Labute approximate surface area is 209 Å². The Morgan fingerprint density at radius 2 is 1.65 bits per heavy atom. The van der Waals surface area contributed by atoms with Crippen molar-refractivity contribution in [3.05, 3.63) is 22.7 Å². The van der Waals surface area contributed by atoms with Crippen LogP contribution in [0.1, 0.15) is 27.0 Å². The maximum absolute atomic E-state index is 14.3. The summed E-state index contributed by atoms with van der Waals surface area (Å²) in [5.41, 5.74) is 3.97. The highest BCUT2D eigenvalue weighted by atomic mass is 31.3. The minimum Gasteiger partial charge on any atom is -0.384 e. The third-order valence-electron chi connectivity index (χ3n) is 4.64. The molecule has 2 unspecified atom stereocenters. The molecule has 17 nitrogen and oxygen atoms in total. The average Bonchev–Trinajstić information content (AvgIpc) is 2.95. The van der Waals surface area contributed by atoms with Crippen molar-refractivity contribution in [3.63, 3.8) is 0 Å². The van der Waals surface area contributed by atoms with Crippen molar-refractivity contribution in [1.82, 2.24) is 14.5 Å². The predicted octanol–water partition coefficient (Wildman–Crippen LogP) is 0.410. The van der Waals surface area contributed by atoms with Crippen molar-refractivity contribution in [3.8, 4) is 0 Å². The van der Waals surface area contributed by atoms with Gasteiger partial charge in [0.2, 0.25) is 6.23 Å². The van der Waals surface area contributed by atoms with Gasteiger partial charge in [-0.05, 0) is 25.7 Å². The van der Waals surface area contributed by atoms with Crippen molar-refractivity contribution in [2.24, 2.45) is 0 Å². The van der Waals surface area contributed by atoms with Crippen molar-refractivity contribution >= 4 is 29.3 Å². The van der Waals surface area contributed by atoms with Crippen LogP contribution >= 0.6 is 23.5 Å². The quantitative estimate of drug-likeness (QED) is 0.187. The van der Waals surface area contributed by atoms with Crippen LogP contribution in [0.5, 0.6) is 0 Å². The molecule has 22 heteroatoms. The van der Waals surface area contributed by atoms with Crippen LogP contribution in [0.25, 0.3) is 0 Å². The zero-order valence-electron chi connectivity index (χ0n) is 19.7. The van der Waals surface area contributed by atoms with Crippen molar-refractivity contribution < 1.29 is 65.0 Å². The maximum atomic E-state index is 14.3. The molecule has 0 saturated carbocycles. The Bertz CT molecular complexity index is 1090. The first-order valence-corrected chi connectivity index (χ1v) is 14.9. The number of nitrogens with zero attached hydrogens (tertiary/aromatic N) is 3. The number of anilines is 1. The standard InChI is InChI=1S/C9H14F2N3O13P3.C6H15N/c10-9(11)6(15)4(25-7(9)14-2-1-5(12)13-8(14)16)3-24-29(20,21)27-30(22,23)26-28(17,18)19;1-4-7(5-2)6-3/h1-2,4,6-7,15H,3H2,(H,20,21)(H,22,23)(H2,12,13,16)(H2,17,18,19);4-6H2,1-3H3/t4-,6-,7-;/m1./s1. The molecule has 1 aromatic rings. The second-order valence-corrected chi connectivity index (χ2v) is 11.6. The van der Waals surface area contributed by atoms with Gasteiger partial charge in [0.15, 0.2) is 6.10 Å². The van der Waals surface area contributed by atoms with E-state index in [1.165, 1.54) is 19.6 Å². The third-order valence-corrected chi connectivity index (χ3v) is 8.45. The topological polar surface area (TPSA) is 253 Å². The molecule has 0 amide bonds. The minimum atomic E-state index is -5.83. The molecule has 37 heavy (non-hydrogen) atoms. The van der Waals surface area contributed by atoms with Crippen LogP contribution in [0.3, 0.4) is 0 Å². The Kier molecular flexibility index (Phi) is 12.1. The highest BCUT2D eigenvalue weighted by Crippen LogP contribution is 2.66. The fourth-order valence-corrected chi connectivity index (χ4v) is 5.88. The molecule has 2 rings (SSSR count). The SMILES string of the molecule is CCN(CC)CC.Nc1ccn([C@@H]2O[C@H](COP(=O)(O)OP(=O)(O)OP(=O)(O)O)[C@@H](O)C2(F)F)c(=O)n1. The molecule has 0 spiro atoms. The van der Waals surface area contributed by atoms with Crippen molar-refractivity contribution in [1.29, 1.82) is 0 Å². The predicted molar refractivity (Wildman–Crippen MR) is 121 cm³/mol. The summed E-state index contributed by atoms with van der Waals surface area (Å²) in [5, 5.41) is 9.72. The van der Waals surface area contributed by atoms with Crippen molar-refractivity contribution in [2.75, 3.05) is 32.0 Å². The number of phosphoric ester groups is 1. The highest BCUT2D eigenvalue weighted by Gasteiger charge is 2.60. The number of rotatable bonds is 11. The normalized spacial score (nSPS) is 24.7. The number of alkyl halides is 2. The second-order valence-electron chi connectivity index (χ2n) is 7.19. The van der Waals surface area contributed by atoms with Crippen LogP contribution in [0, 0.1) is 0 Å². The smallest absolute Gasteiger partial charge is 0.384 e. The summed E-state index contributed by atoms with van der Waals surface area (Å²) in [4.78, 5) is 52.5. The number of phosphoric acid groups is 3. The molecule has 1 aliphatic heterocycles. The molecule has 0 aromatic carbocycles. The van der Waals surface area contributed by atoms with E-state index in [1.54, 1.807) is 0 Å². The Hall–Kier alpha value is -1.17. The monoisotopic (exact) mass is 604 g/mol. The number of aliphatic hydroxyl groups is 1. The summed E-state index contributed by atoms with van der Waals surface area (Å²) in [7, 11) is -17.1. The molecule has 5 atom stereocenters. The van der Waals surface area contributed by atoms with E-state index < -0.39 is 60.1 Å².